The molecule has 0 aliphatic heterocycles. The SMILES string of the molecule is O=C(C(=O)[C@H](O)C(O)Cc1ccc(Cl)c(Cl)c1)[C@@H](O)C(O)Cc1ccc(Cl)c(Cl)c1. The largest absolute Gasteiger partial charge is 0.390 e. The van der Waals surface area contributed by atoms with Crippen molar-refractivity contribution >= 4 is 58.0 Å². The van der Waals surface area contributed by atoms with Gasteiger partial charge in [0.05, 0.1) is 32.3 Å². The Morgan fingerprint density at radius 3 is 1.27 bits per heavy atom. The number of ketones is 2. The molecule has 162 valence electrons. The summed E-state index contributed by atoms with van der Waals surface area (Å²) in [4.78, 5) is 24.4. The summed E-state index contributed by atoms with van der Waals surface area (Å²) in [6.07, 6.45) is -7.87. The zero-order chi connectivity index (χ0) is 22.6. The van der Waals surface area contributed by atoms with Gasteiger partial charge >= 0.3 is 0 Å². The van der Waals surface area contributed by atoms with Gasteiger partial charge in [0.15, 0.2) is 0 Å². The lowest BCUT2D eigenvalue weighted by Crippen LogP contribution is -2.47. The van der Waals surface area contributed by atoms with Gasteiger partial charge in [-0.05, 0) is 35.4 Å². The van der Waals surface area contributed by atoms with Crippen molar-refractivity contribution < 1.29 is 30.0 Å². The van der Waals surface area contributed by atoms with Crippen LogP contribution in [0, 0.1) is 0 Å². The van der Waals surface area contributed by atoms with Crippen LogP contribution in [0.5, 0.6) is 0 Å². The van der Waals surface area contributed by atoms with Gasteiger partial charge in [-0.3, -0.25) is 9.59 Å². The van der Waals surface area contributed by atoms with Crippen LogP contribution in [-0.2, 0) is 22.4 Å². The van der Waals surface area contributed by atoms with E-state index in [9.17, 15) is 30.0 Å². The molecule has 2 rings (SSSR count). The number of aliphatic hydroxyl groups is 4. The van der Waals surface area contributed by atoms with Crippen LogP contribution < -0.4 is 0 Å². The van der Waals surface area contributed by atoms with Crippen molar-refractivity contribution in [3.63, 3.8) is 0 Å². The van der Waals surface area contributed by atoms with Crippen molar-refractivity contribution in [1.82, 2.24) is 0 Å². The number of hydrogen-bond acceptors (Lipinski definition) is 6. The summed E-state index contributed by atoms with van der Waals surface area (Å²) < 4.78 is 0. The monoisotopic (exact) mass is 494 g/mol. The summed E-state index contributed by atoms with van der Waals surface area (Å²) in [7, 11) is 0. The predicted octanol–water partition coefficient (Wildman–Crippen LogP) is 2.67. The smallest absolute Gasteiger partial charge is 0.232 e. The molecule has 0 aliphatic carbocycles. The first-order chi connectivity index (χ1) is 14.0. The van der Waals surface area contributed by atoms with Gasteiger partial charge in [-0.1, -0.05) is 58.5 Å². The fourth-order valence-corrected chi connectivity index (χ4v) is 3.32. The maximum atomic E-state index is 12.2. The highest BCUT2D eigenvalue weighted by atomic mass is 35.5. The lowest BCUT2D eigenvalue weighted by atomic mass is 9.94. The topological polar surface area (TPSA) is 115 Å². The van der Waals surface area contributed by atoms with Crippen LogP contribution in [-0.4, -0.2) is 56.4 Å². The summed E-state index contributed by atoms with van der Waals surface area (Å²) in [5.41, 5.74) is 0.938. The van der Waals surface area contributed by atoms with Crippen molar-refractivity contribution in [2.24, 2.45) is 0 Å². The Hall–Kier alpha value is -1.22. The molecule has 10 heteroatoms. The van der Waals surface area contributed by atoms with Gasteiger partial charge < -0.3 is 20.4 Å². The molecule has 0 fully saturated rings. The lowest BCUT2D eigenvalue weighted by molar-refractivity contribution is -0.152. The molecule has 30 heavy (non-hydrogen) atoms. The number of rotatable bonds is 9. The number of carbonyl (C=O) groups is 2. The molecule has 0 bridgehead atoms. The molecule has 4 N–H and O–H groups in total. The Bertz CT molecular complexity index is 860. The van der Waals surface area contributed by atoms with Crippen molar-refractivity contribution in [2.75, 3.05) is 0 Å². The number of Topliss-reactive ketones (excluding diaryl/α,β-unsaturated/α-hetero) is 2. The maximum Gasteiger partial charge on any atom is 0.232 e. The van der Waals surface area contributed by atoms with Gasteiger partial charge in [0.25, 0.3) is 0 Å². The summed E-state index contributed by atoms with van der Waals surface area (Å²) in [5.74, 6) is -2.86. The molecule has 0 saturated heterocycles. The van der Waals surface area contributed by atoms with Crippen molar-refractivity contribution in [3.8, 4) is 0 Å². The Balaban J connectivity index is 2.00. The molecule has 0 spiro atoms. The third-order valence-corrected chi connectivity index (χ3v) is 5.84. The Labute approximate surface area is 192 Å². The maximum absolute atomic E-state index is 12.2. The van der Waals surface area contributed by atoms with E-state index in [-0.39, 0.29) is 22.9 Å². The molecule has 0 heterocycles. The fourth-order valence-electron chi connectivity index (χ4n) is 2.68. The van der Waals surface area contributed by atoms with E-state index in [1.54, 1.807) is 0 Å². The molecule has 2 aromatic carbocycles. The van der Waals surface area contributed by atoms with E-state index in [0.717, 1.165) is 0 Å². The Morgan fingerprint density at radius 2 is 0.967 bits per heavy atom. The molecule has 0 aromatic heterocycles. The van der Waals surface area contributed by atoms with Gasteiger partial charge in [-0.25, -0.2) is 0 Å². The van der Waals surface area contributed by atoms with E-state index >= 15 is 0 Å². The first-order valence-electron chi connectivity index (χ1n) is 8.69. The Morgan fingerprint density at radius 1 is 0.633 bits per heavy atom. The van der Waals surface area contributed by atoms with Crippen molar-refractivity contribution in [1.29, 1.82) is 0 Å². The second-order valence-corrected chi connectivity index (χ2v) is 8.29. The van der Waals surface area contributed by atoms with Crippen LogP contribution in [0.4, 0.5) is 0 Å². The van der Waals surface area contributed by atoms with Crippen molar-refractivity contribution in [2.45, 2.75) is 37.3 Å². The van der Waals surface area contributed by atoms with Crippen LogP contribution in [0.3, 0.4) is 0 Å². The van der Waals surface area contributed by atoms with E-state index in [4.69, 9.17) is 46.4 Å². The molecule has 0 saturated carbocycles. The standard InChI is InChI=1S/C20H18Cl4O6/c21-11-3-1-9(5-13(11)23)7-15(25)17(27)19(29)20(30)18(28)16(26)8-10-2-4-12(22)14(24)6-10/h1-6,15-18,25-28H,7-8H2/t15?,16?,17-,18+. The molecule has 2 aromatic rings. The minimum Gasteiger partial charge on any atom is -0.390 e. The summed E-state index contributed by atoms with van der Waals surface area (Å²) in [6, 6.07) is 8.92. The summed E-state index contributed by atoms with van der Waals surface area (Å²) >= 11 is 23.4. The van der Waals surface area contributed by atoms with E-state index in [1.807, 2.05) is 0 Å². The molecule has 6 nitrogen and oxygen atoms in total. The highest BCUT2D eigenvalue weighted by molar-refractivity contribution is 6.42. The number of carbonyl (C=O) groups excluding carboxylic acids is 2. The lowest BCUT2D eigenvalue weighted by Gasteiger charge is -2.20. The number of halogens is 4. The van der Waals surface area contributed by atoms with Crippen molar-refractivity contribution in [3.05, 3.63) is 67.6 Å². The first-order valence-corrected chi connectivity index (χ1v) is 10.2. The van der Waals surface area contributed by atoms with Gasteiger partial charge in [0, 0.05) is 12.8 Å². The second-order valence-electron chi connectivity index (χ2n) is 6.66. The average molecular weight is 496 g/mol. The zero-order valence-electron chi connectivity index (χ0n) is 15.3. The average Bonchev–Trinajstić information content (AvgIpc) is 2.71. The third kappa shape index (κ3) is 6.39. The van der Waals surface area contributed by atoms with Gasteiger partial charge in [0.2, 0.25) is 11.6 Å². The molecule has 0 amide bonds. The van der Waals surface area contributed by atoms with Crippen LogP contribution in [0.15, 0.2) is 36.4 Å². The first kappa shape index (κ1) is 25.0. The molecular formula is C20H18Cl4O6. The molecule has 4 atom stereocenters. The van der Waals surface area contributed by atoms with Crippen LogP contribution >= 0.6 is 46.4 Å². The summed E-state index contributed by atoms with van der Waals surface area (Å²) in [6.45, 7) is 0. The van der Waals surface area contributed by atoms with Gasteiger partial charge in [0.1, 0.15) is 12.2 Å². The normalized spacial score (nSPS) is 15.3. The molecule has 2 unspecified atom stereocenters. The van der Waals surface area contributed by atoms with Crippen LogP contribution in [0.25, 0.3) is 0 Å². The third-order valence-electron chi connectivity index (χ3n) is 4.37. The quantitative estimate of drug-likeness (QED) is 0.397. The number of aliphatic hydroxyl groups excluding tert-OH is 4. The van der Waals surface area contributed by atoms with Crippen LogP contribution in [0.1, 0.15) is 11.1 Å². The minimum absolute atomic E-state index is 0.195. The predicted molar refractivity (Wildman–Crippen MR) is 114 cm³/mol. The van der Waals surface area contributed by atoms with E-state index in [1.165, 1.54) is 36.4 Å². The highest BCUT2D eigenvalue weighted by Crippen LogP contribution is 2.24. The fraction of sp³-hybridized carbons (Fsp3) is 0.300. The zero-order valence-corrected chi connectivity index (χ0v) is 18.3. The van der Waals surface area contributed by atoms with E-state index < -0.39 is 36.0 Å². The minimum atomic E-state index is -2.10. The molecule has 0 radical (unpaired) electrons. The molecule has 0 aliphatic rings. The molecular weight excluding hydrogens is 478 g/mol. The number of hydrogen-bond donors (Lipinski definition) is 4. The Kier molecular flexibility index (Phi) is 9.09. The highest BCUT2D eigenvalue weighted by Gasteiger charge is 2.36. The number of benzene rings is 2. The summed E-state index contributed by atoms with van der Waals surface area (Å²) in [5, 5.41) is 41.3. The van der Waals surface area contributed by atoms with E-state index in [0.29, 0.717) is 21.2 Å². The van der Waals surface area contributed by atoms with Gasteiger partial charge in [-0.2, -0.15) is 0 Å². The second kappa shape index (κ2) is 10.9. The van der Waals surface area contributed by atoms with Gasteiger partial charge in [-0.15, -0.1) is 0 Å². The van der Waals surface area contributed by atoms with E-state index in [2.05, 4.69) is 0 Å². The van der Waals surface area contributed by atoms with Crippen LogP contribution in [0.2, 0.25) is 20.1 Å².